The van der Waals surface area contributed by atoms with E-state index >= 15 is 0 Å². The SMILES string of the molecule is CC1CCC(NC(=O)N2CSC[C@@H]2C(=O)O)CC1C. The van der Waals surface area contributed by atoms with Crippen molar-refractivity contribution < 1.29 is 14.7 Å². The summed E-state index contributed by atoms with van der Waals surface area (Å²) in [5.41, 5.74) is 0. The van der Waals surface area contributed by atoms with Crippen LogP contribution in [0.4, 0.5) is 4.79 Å². The van der Waals surface area contributed by atoms with Crippen LogP contribution < -0.4 is 5.32 Å². The molecule has 2 fully saturated rings. The van der Waals surface area contributed by atoms with Gasteiger partial charge in [-0.15, -0.1) is 11.8 Å². The van der Waals surface area contributed by atoms with Crippen LogP contribution in [0, 0.1) is 11.8 Å². The van der Waals surface area contributed by atoms with Crippen LogP contribution in [0.25, 0.3) is 0 Å². The summed E-state index contributed by atoms with van der Waals surface area (Å²) in [4.78, 5) is 24.7. The number of nitrogens with zero attached hydrogens (tertiary/aromatic N) is 1. The van der Waals surface area contributed by atoms with Crippen molar-refractivity contribution in [1.29, 1.82) is 0 Å². The molecule has 4 atom stereocenters. The van der Waals surface area contributed by atoms with Gasteiger partial charge >= 0.3 is 12.0 Å². The number of hydrogen-bond donors (Lipinski definition) is 2. The highest BCUT2D eigenvalue weighted by Gasteiger charge is 2.36. The Morgan fingerprint density at radius 3 is 2.63 bits per heavy atom. The third-order valence-electron chi connectivity index (χ3n) is 4.35. The van der Waals surface area contributed by atoms with E-state index in [-0.39, 0.29) is 12.1 Å². The van der Waals surface area contributed by atoms with Gasteiger partial charge in [-0.3, -0.25) is 0 Å². The Hall–Kier alpha value is -0.910. The van der Waals surface area contributed by atoms with E-state index in [1.165, 1.54) is 16.7 Å². The van der Waals surface area contributed by atoms with Gasteiger partial charge in [0.1, 0.15) is 6.04 Å². The van der Waals surface area contributed by atoms with Gasteiger partial charge in [-0.25, -0.2) is 9.59 Å². The molecule has 1 saturated carbocycles. The molecule has 2 aliphatic rings. The average molecular weight is 286 g/mol. The maximum absolute atomic E-state index is 12.2. The highest BCUT2D eigenvalue weighted by atomic mass is 32.2. The zero-order valence-corrected chi connectivity index (χ0v) is 12.3. The molecular formula is C13H22N2O3S. The minimum Gasteiger partial charge on any atom is -0.480 e. The van der Waals surface area contributed by atoms with Crippen LogP contribution in [0.15, 0.2) is 0 Å². The number of carboxylic acids is 1. The Kier molecular flexibility index (Phi) is 4.60. The van der Waals surface area contributed by atoms with E-state index in [0.717, 1.165) is 19.3 Å². The van der Waals surface area contributed by atoms with Gasteiger partial charge in [0, 0.05) is 11.8 Å². The average Bonchev–Trinajstić information content (AvgIpc) is 2.83. The van der Waals surface area contributed by atoms with Crippen LogP contribution >= 0.6 is 11.8 Å². The van der Waals surface area contributed by atoms with E-state index in [9.17, 15) is 9.59 Å². The Morgan fingerprint density at radius 2 is 2.00 bits per heavy atom. The number of thioether (sulfide) groups is 1. The second-order valence-electron chi connectivity index (χ2n) is 5.74. The molecule has 1 aliphatic carbocycles. The second kappa shape index (κ2) is 6.03. The third kappa shape index (κ3) is 3.35. The highest BCUT2D eigenvalue weighted by molar-refractivity contribution is 7.99. The number of aliphatic carboxylic acids is 1. The summed E-state index contributed by atoms with van der Waals surface area (Å²) >= 11 is 1.49. The number of hydrogen-bond acceptors (Lipinski definition) is 3. The molecule has 108 valence electrons. The van der Waals surface area contributed by atoms with E-state index in [4.69, 9.17) is 5.11 Å². The molecule has 0 bridgehead atoms. The fraction of sp³-hybridized carbons (Fsp3) is 0.846. The van der Waals surface area contributed by atoms with Crippen molar-refractivity contribution in [2.24, 2.45) is 11.8 Å². The van der Waals surface area contributed by atoms with Crippen molar-refractivity contribution in [1.82, 2.24) is 10.2 Å². The molecule has 3 unspecified atom stereocenters. The Labute approximate surface area is 118 Å². The van der Waals surface area contributed by atoms with Crippen molar-refractivity contribution in [3.63, 3.8) is 0 Å². The molecule has 0 aromatic carbocycles. The van der Waals surface area contributed by atoms with Crippen LogP contribution in [-0.4, -0.2) is 45.7 Å². The van der Waals surface area contributed by atoms with E-state index in [1.807, 2.05) is 0 Å². The van der Waals surface area contributed by atoms with Gasteiger partial charge in [-0.2, -0.15) is 0 Å². The first-order chi connectivity index (χ1) is 8.99. The minimum absolute atomic E-state index is 0.193. The molecule has 2 amide bonds. The van der Waals surface area contributed by atoms with Gasteiger partial charge in [0.15, 0.2) is 0 Å². The number of carboxylic acid groups (broad SMARTS) is 1. The third-order valence-corrected chi connectivity index (χ3v) is 5.37. The fourth-order valence-corrected chi connectivity index (χ4v) is 3.93. The van der Waals surface area contributed by atoms with Gasteiger partial charge < -0.3 is 15.3 Å². The largest absolute Gasteiger partial charge is 0.480 e. The molecule has 2 rings (SSSR count). The Bertz CT molecular complexity index is 364. The molecular weight excluding hydrogens is 264 g/mol. The number of urea groups is 1. The summed E-state index contributed by atoms with van der Waals surface area (Å²) < 4.78 is 0. The summed E-state index contributed by atoms with van der Waals surface area (Å²) in [5.74, 6) is 1.37. The molecule has 0 aromatic rings. The molecule has 1 saturated heterocycles. The summed E-state index contributed by atoms with van der Waals surface area (Å²) in [6.45, 7) is 4.47. The standard InChI is InChI=1S/C13H22N2O3S/c1-8-3-4-10(5-9(8)2)14-13(18)15-7-19-6-11(15)12(16)17/h8-11H,3-7H2,1-2H3,(H,14,18)(H,16,17)/t8?,9?,10?,11-/m1/s1. The van der Waals surface area contributed by atoms with Crippen LogP contribution in [0.3, 0.4) is 0 Å². The number of carbonyl (C=O) groups is 2. The zero-order valence-electron chi connectivity index (χ0n) is 11.5. The lowest BCUT2D eigenvalue weighted by Gasteiger charge is -2.33. The number of amides is 2. The quantitative estimate of drug-likeness (QED) is 0.814. The van der Waals surface area contributed by atoms with Crippen molar-refractivity contribution in [2.75, 3.05) is 11.6 Å². The van der Waals surface area contributed by atoms with Crippen LogP contribution in [0.5, 0.6) is 0 Å². The predicted molar refractivity (Wildman–Crippen MR) is 75.1 cm³/mol. The van der Waals surface area contributed by atoms with Crippen LogP contribution in [-0.2, 0) is 4.79 Å². The van der Waals surface area contributed by atoms with E-state index < -0.39 is 12.0 Å². The fourth-order valence-electron chi connectivity index (χ4n) is 2.78. The lowest BCUT2D eigenvalue weighted by atomic mass is 9.79. The monoisotopic (exact) mass is 286 g/mol. The number of carbonyl (C=O) groups excluding carboxylic acids is 1. The summed E-state index contributed by atoms with van der Waals surface area (Å²) in [5, 5.41) is 12.1. The van der Waals surface area contributed by atoms with Gasteiger partial charge in [-0.1, -0.05) is 13.8 Å². The highest BCUT2D eigenvalue weighted by Crippen LogP contribution is 2.29. The minimum atomic E-state index is -0.911. The topological polar surface area (TPSA) is 69.6 Å². The maximum Gasteiger partial charge on any atom is 0.327 e. The van der Waals surface area contributed by atoms with E-state index in [0.29, 0.717) is 23.5 Å². The molecule has 1 aliphatic heterocycles. The van der Waals surface area contributed by atoms with Crippen molar-refractivity contribution >= 4 is 23.8 Å². The van der Waals surface area contributed by atoms with Crippen LogP contribution in [0.2, 0.25) is 0 Å². The normalized spacial score (nSPS) is 35.2. The lowest BCUT2D eigenvalue weighted by molar-refractivity contribution is -0.140. The van der Waals surface area contributed by atoms with Crippen molar-refractivity contribution in [3.05, 3.63) is 0 Å². The van der Waals surface area contributed by atoms with Gasteiger partial charge in [0.25, 0.3) is 0 Å². The summed E-state index contributed by atoms with van der Waals surface area (Å²) in [6.07, 6.45) is 3.12. The Morgan fingerprint density at radius 1 is 1.26 bits per heavy atom. The number of nitrogens with one attached hydrogen (secondary N) is 1. The molecule has 2 N–H and O–H groups in total. The molecule has 1 heterocycles. The summed E-state index contributed by atoms with van der Waals surface area (Å²) in [7, 11) is 0. The molecule has 0 spiro atoms. The molecule has 6 heteroatoms. The van der Waals surface area contributed by atoms with E-state index in [2.05, 4.69) is 19.2 Å². The maximum atomic E-state index is 12.2. The van der Waals surface area contributed by atoms with Crippen molar-refractivity contribution in [2.45, 2.75) is 45.2 Å². The second-order valence-corrected chi connectivity index (χ2v) is 6.74. The molecule has 5 nitrogen and oxygen atoms in total. The van der Waals surface area contributed by atoms with Gasteiger partial charge in [0.2, 0.25) is 0 Å². The summed E-state index contributed by atoms with van der Waals surface area (Å²) in [6, 6.07) is -0.701. The lowest BCUT2D eigenvalue weighted by Crippen LogP contribution is -2.50. The van der Waals surface area contributed by atoms with Crippen LogP contribution in [0.1, 0.15) is 33.1 Å². The predicted octanol–water partition coefficient (Wildman–Crippen LogP) is 1.98. The van der Waals surface area contributed by atoms with Gasteiger partial charge in [-0.05, 0) is 31.1 Å². The zero-order chi connectivity index (χ0) is 14.0. The first-order valence-electron chi connectivity index (χ1n) is 6.86. The molecule has 0 aromatic heterocycles. The number of rotatable bonds is 2. The smallest absolute Gasteiger partial charge is 0.327 e. The molecule has 19 heavy (non-hydrogen) atoms. The molecule has 0 radical (unpaired) electrons. The Balaban J connectivity index is 1.89. The van der Waals surface area contributed by atoms with E-state index in [1.54, 1.807) is 0 Å². The first-order valence-corrected chi connectivity index (χ1v) is 8.02. The first kappa shape index (κ1) is 14.5. The van der Waals surface area contributed by atoms with Crippen molar-refractivity contribution in [3.8, 4) is 0 Å². The van der Waals surface area contributed by atoms with Gasteiger partial charge in [0.05, 0.1) is 5.88 Å².